The zero-order chi connectivity index (χ0) is 30.1. The zero-order valence-corrected chi connectivity index (χ0v) is 24.1. The lowest BCUT2D eigenvalue weighted by molar-refractivity contribution is -0.151. The van der Waals surface area contributed by atoms with Crippen molar-refractivity contribution in [2.75, 3.05) is 11.5 Å². The first-order chi connectivity index (χ1) is 20.1. The van der Waals surface area contributed by atoms with E-state index in [0.29, 0.717) is 15.6 Å². The van der Waals surface area contributed by atoms with E-state index >= 15 is 0 Å². The Morgan fingerprint density at radius 3 is 2.57 bits per heavy atom. The van der Waals surface area contributed by atoms with E-state index in [1.165, 1.54) is 58.5 Å². The number of thiophene rings is 1. The van der Waals surface area contributed by atoms with Gasteiger partial charge in [0.25, 0.3) is 11.8 Å². The Morgan fingerprint density at radius 2 is 1.98 bits per heavy atom. The molecule has 18 heteroatoms. The van der Waals surface area contributed by atoms with Crippen molar-refractivity contribution < 1.29 is 34.2 Å². The summed E-state index contributed by atoms with van der Waals surface area (Å²) in [6, 6.07) is 4.39. The number of carboxylic acids is 1. The zero-order valence-electron chi connectivity index (χ0n) is 21.6. The van der Waals surface area contributed by atoms with Gasteiger partial charge in [-0.25, -0.2) is 19.2 Å². The Bertz CT molecular complexity index is 1590. The fraction of sp³-hybridized carbons (Fsp3) is 0.250. The molecule has 0 spiro atoms. The maximum atomic E-state index is 13.7. The number of fused-ring (bicyclic) bond motifs is 1. The van der Waals surface area contributed by atoms with Crippen LogP contribution in [0.25, 0.3) is 0 Å². The SMILES string of the molecule is Cn1nnnc1SCC1=C(C(=O)O)N2C(=O)C(NC(=O)C(c3ccc(O)cc3)N(C(N)=O)C(=O)c3cccs3)[C@@H]2SC1. The summed E-state index contributed by atoms with van der Waals surface area (Å²) >= 11 is 3.52. The lowest BCUT2D eigenvalue weighted by atomic mass is 10.00. The Kier molecular flexibility index (Phi) is 8.19. The standard InChI is InChI=1S/C24H22N8O7S3/c1-30-24(27-28-29-30)42-10-12-9-41-21-15(20(36)31(21)17(12)22(37)38)26-18(34)16(11-4-6-13(33)7-5-11)32(23(25)39)19(35)14-3-2-8-40-14/h2-8,15-16,21,33H,9-10H2,1H3,(H2,25,39)(H,26,34)(H,37,38)/t15?,16?,21-/m0/s1. The number of nitrogens with zero attached hydrogens (tertiary/aromatic N) is 6. The maximum absolute atomic E-state index is 13.7. The third kappa shape index (κ3) is 5.42. The summed E-state index contributed by atoms with van der Waals surface area (Å²) in [5.41, 5.74) is 6.03. The quantitative estimate of drug-likeness (QED) is 0.191. The van der Waals surface area contributed by atoms with Gasteiger partial charge in [-0.15, -0.1) is 28.2 Å². The van der Waals surface area contributed by atoms with Crippen LogP contribution < -0.4 is 11.1 Å². The molecular formula is C24H22N8O7S3. The van der Waals surface area contributed by atoms with E-state index in [0.717, 1.165) is 16.2 Å². The van der Waals surface area contributed by atoms with E-state index in [9.17, 15) is 34.2 Å². The molecule has 5 amide bonds. The van der Waals surface area contributed by atoms with E-state index in [2.05, 4.69) is 20.8 Å². The predicted molar refractivity (Wildman–Crippen MR) is 150 cm³/mol. The maximum Gasteiger partial charge on any atom is 0.352 e. The highest BCUT2D eigenvalue weighted by Crippen LogP contribution is 2.42. The molecule has 0 aliphatic carbocycles. The molecule has 1 saturated heterocycles. The first-order valence-corrected chi connectivity index (χ1v) is 15.0. The highest BCUT2D eigenvalue weighted by Gasteiger charge is 2.55. The minimum Gasteiger partial charge on any atom is -0.508 e. The van der Waals surface area contributed by atoms with Crippen LogP contribution in [-0.4, -0.2) is 92.9 Å². The molecule has 2 aliphatic rings. The molecule has 0 saturated carbocycles. The molecule has 3 aromatic rings. The van der Waals surface area contributed by atoms with Crippen LogP contribution in [0.3, 0.4) is 0 Å². The summed E-state index contributed by atoms with van der Waals surface area (Å²) in [6.45, 7) is 0. The number of phenols is 1. The number of phenolic OH excluding ortho intramolecular Hbond substituents is 1. The number of amides is 5. The van der Waals surface area contributed by atoms with E-state index in [4.69, 9.17) is 5.73 Å². The van der Waals surface area contributed by atoms with Crippen LogP contribution in [0.5, 0.6) is 5.75 Å². The van der Waals surface area contributed by atoms with Crippen molar-refractivity contribution >= 4 is 64.6 Å². The summed E-state index contributed by atoms with van der Waals surface area (Å²) in [5.74, 6) is -3.32. The molecule has 1 aromatic carbocycles. The summed E-state index contributed by atoms with van der Waals surface area (Å²) in [6.07, 6.45) is 0. The van der Waals surface area contributed by atoms with E-state index in [-0.39, 0.29) is 33.4 Å². The number of urea groups is 1. The fourth-order valence-corrected chi connectivity index (χ4v) is 7.45. The average molecular weight is 631 g/mol. The van der Waals surface area contributed by atoms with Crippen molar-refractivity contribution in [3.05, 3.63) is 63.5 Å². The highest BCUT2D eigenvalue weighted by atomic mass is 32.2. The third-order valence-corrected chi connectivity index (χ3v) is 9.70. The van der Waals surface area contributed by atoms with Gasteiger partial charge in [-0.2, -0.15) is 0 Å². The van der Waals surface area contributed by atoms with Gasteiger partial charge in [-0.05, 0) is 45.1 Å². The number of nitrogens with two attached hydrogens (primary N) is 1. The number of aryl methyl sites for hydroxylation is 1. The largest absolute Gasteiger partial charge is 0.508 e. The number of benzene rings is 1. The van der Waals surface area contributed by atoms with E-state index in [1.54, 1.807) is 18.5 Å². The average Bonchev–Trinajstić information content (AvgIpc) is 3.65. The molecule has 5 rings (SSSR count). The van der Waals surface area contributed by atoms with Crippen LogP contribution >= 0.6 is 34.9 Å². The van der Waals surface area contributed by atoms with Crippen LogP contribution in [0.15, 0.2) is 58.2 Å². The number of tetrazole rings is 1. The molecule has 1 fully saturated rings. The normalized spacial score (nSPS) is 18.6. The molecule has 218 valence electrons. The second-order valence-corrected chi connectivity index (χ2v) is 12.0. The molecule has 3 atom stereocenters. The molecule has 0 radical (unpaired) electrons. The summed E-state index contributed by atoms with van der Waals surface area (Å²) in [5, 5.41) is 34.8. The number of rotatable bonds is 9. The van der Waals surface area contributed by atoms with Gasteiger partial charge < -0.3 is 21.3 Å². The van der Waals surface area contributed by atoms with Gasteiger partial charge in [0.15, 0.2) is 0 Å². The van der Waals surface area contributed by atoms with Gasteiger partial charge in [0, 0.05) is 18.6 Å². The number of carbonyl (C=O) groups excluding carboxylic acids is 4. The van der Waals surface area contributed by atoms with Crippen LogP contribution in [-0.2, 0) is 21.4 Å². The Balaban J connectivity index is 1.40. The molecule has 2 aliphatic heterocycles. The van der Waals surface area contributed by atoms with Gasteiger partial charge in [0.05, 0.1) is 4.88 Å². The Labute approximate surface area is 249 Å². The van der Waals surface area contributed by atoms with Gasteiger partial charge in [0.2, 0.25) is 11.1 Å². The summed E-state index contributed by atoms with van der Waals surface area (Å²) in [7, 11) is 1.64. The van der Waals surface area contributed by atoms with Crippen LogP contribution in [0.1, 0.15) is 21.3 Å². The number of aromatic nitrogens is 4. The number of hydrogen-bond acceptors (Lipinski definition) is 12. The number of aromatic hydroxyl groups is 1. The van der Waals surface area contributed by atoms with Crippen molar-refractivity contribution in [3.63, 3.8) is 0 Å². The number of carbonyl (C=O) groups is 5. The minimum absolute atomic E-state index is 0.117. The van der Waals surface area contributed by atoms with E-state index < -0.39 is 47.2 Å². The molecule has 4 heterocycles. The van der Waals surface area contributed by atoms with Crippen LogP contribution in [0.4, 0.5) is 4.79 Å². The second-order valence-electron chi connectivity index (χ2n) is 9.01. The Morgan fingerprint density at radius 1 is 1.24 bits per heavy atom. The van der Waals surface area contributed by atoms with E-state index in [1.807, 2.05) is 0 Å². The second kappa shape index (κ2) is 11.8. The third-order valence-electron chi connectivity index (χ3n) is 6.41. The molecule has 5 N–H and O–H groups in total. The van der Waals surface area contributed by atoms with Gasteiger partial charge in [-0.3, -0.25) is 19.3 Å². The van der Waals surface area contributed by atoms with Crippen molar-refractivity contribution in [2.24, 2.45) is 12.8 Å². The molecular weight excluding hydrogens is 609 g/mol. The number of carboxylic acid groups (broad SMARTS) is 1. The highest BCUT2D eigenvalue weighted by molar-refractivity contribution is 8.01. The molecule has 0 bridgehead atoms. The Hall–Kier alpha value is -4.42. The number of nitrogens with one attached hydrogen (secondary N) is 1. The number of aliphatic carboxylic acids is 1. The molecule has 15 nitrogen and oxygen atoms in total. The fourth-order valence-electron chi connectivity index (χ4n) is 4.46. The summed E-state index contributed by atoms with van der Waals surface area (Å²) < 4.78 is 1.44. The smallest absolute Gasteiger partial charge is 0.352 e. The number of β-lactam (4-membered cyclic amide) rings is 1. The lowest BCUT2D eigenvalue weighted by Gasteiger charge is -2.49. The van der Waals surface area contributed by atoms with Gasteiger partial charge in [0.1, 0.15) is 28.9 Å². The molecule has 2 unspecified atom stereocenters. The number of thioether (sulfide) groups is 2. The van der Waals surface area contributed by atoms with Crippen molar-refractivity contribution in [1.29, 1.82) is 0 Å². The summed E-state index contributed by atoms with van der Waals surface area (Å²) in [4.78, 5) is 66.8. The topological polar surface area (TPSA) is 214 Å². The lowest BCUT2D eigenvalue weighted by Crippen LogP contribution is -2.71. The van der Waals surface area contributed by atoms with Crippen LogP contribution in [0.2, 0.25) is 0 Å². The van der Waals surface area contributed by atoms with Crippen LogP contribution in [0, 0.1) is 0 Å². The number of hydrogen-bond donors (Lipinski definition) is 4. The predicted octanol–water partition coefficient (Wildman–Crippen LogP) is 0.770. The molecule has 2 aromatic heterocycles. The van der Waals surface area contributed by atoms with Gasteiger partial charge in [-0.1, -0.05) is 30.0 Å². The first-order valence-electron chi connectivity index (χ1n) is 12.1. The van der Waals surface area contributed by atoms with Gasteiger partial charge >= 0.3 is 12.0 Å². The van der Waals surface area contributed by atoms with Crippen molar-refractivity contribution in [1.82, 2.24) is 35.3 Å². The molecule has 42 heavy (non-hydrogen) atoms. The van der Waals surface area contributed by atoms with Crippen molar-refractivity contribution in [3.8, 4) is 5.75 Å². The number of imide groups is 1. The first kappa shape index (κ1) is 29.1. The number of primary amides is 1. The van der Waals surface area contributed by atoms with Crippen molar-refractivity contribution in [2.45, 2.75) is 22.6 Å². The minimum atomic E-state index is -1.59. The monoisotopic (exact) mass is 630 g/mol.